The first kappa shape index (κ1) is 19.9. The van der Waals surface area contributed by atoms with Crippen molar-refractivity contribution in [2.24, 2.45) is 0 Å². The molecule has 1 heterocycles. The highest BCUT2D eigenvalue weighted by Gasteiger charge is 2.24. The number of carbonyl (C=O) groups excluding carboxylic acids is 1. The Morgan fingerprint density at radius 3 is 2.37 bits per heavy atom. The fourth-order valence-electron chi connectivity index (χ4n) is 2.42. The quantitative estimate of drug-likeness (QED) is 0.431. The Morgan fingerprint density at radius 2 is 1.89 bits per heavy atom. The normalized spacial score (nSPS) is 13.0. The molecule has 144 valence electrons. The number of carbonyl (C=O) groups is 1. The minimum Gasteiger partial charge on any atom is -0.394 e. The number of aryl methyl sites for hydroxylation is 1. The summed E-state index contributed by atoms with van der Waals surface area (Å²) in [5.74, 6) is -0.632. The molecule has 1 aromatic carbocycles. The van der Waals surface area contributed by atoms with Crippen molar-refractivity contribution in [3.05, 3.63) is 61.9 Å². The average Bonchev–Trinajstić information content (AvgIpc) is 2.99. The molecule has 0 aliphatic rings. The smallest absolute Gasteiger partial charge is 0.309 e. The minimum absolute atomic E-state index is 0.150. The van der Waals surface area contributed by atoms with Crippen molar-refractivity contribution >= 4 is 17.3 Å². The highest BCUT2D eigenvalue weighted by Crippen LogP contribution is 2.20. The zero-order valence-corrected chi connectivity index (χ0v) is 14.2. The van der Waals surface area contributed by atoms with E-state index in [9.17, 15) is 35.2 Å². The van der Waals surface area contributed by atoms with Crippen molar-refractivity contribution in [2.75, 3.05) is 6.61 Å². The summed E-state index contributed by atoms with van der Waals surface area (Å²) >= 11 is 0. The number of aliphatic hydroxyl groups excluding tert-OH is 2. The monoisotopic (exact) mass is 379 g/mol. The molecule has 27 heavy (non-hydrogen) atoms. The summed E-state index contributed by atoms with van der Waals surface area (Å²) in [5.41, 5.74) is 0.0292. The topological polar surface area (TPSA) is 174 Å². The average molecular weight is 379 g/mol. The van der Waals surface area contributed by atoms with E-state index < -0.39 is 34.5 Å². The molecule has 0 fully saturated rings. The molecule has 2 rings (SSSR count). The summed E-state index contributed by atoms with van der Waals surface area (Å²) in [6.07, 6.45) is -0.205. The van der Waals surface area contributed by atoms with E-state index in [0.717, 1.165) is 10.9 Å². The van der Waals surface area contributed by atoms with Crippen molar-refractivity contribution in [1.82, 2.24) is 15.1 Å². The molecule has 0 aliphatic heterocycles. The van der Waals surface area contributed by atoms with Crippen LogP contribution in [0.2, 0.25) is 0 Å². The number of amides is 1. The molecular weight excluding hydrogens is 362 g/mol. The lowest BCUT2D eigenvalue weighted by Gasteiger charge is -2.22. The summed E-state index contributed by atoms with van der Waals surface area (Å²) in [4.78, 5) is 32.3. The van der Waals surface area contributed by atoms with E-state index >= 15 is 0 Å². The number of rotatable bonds is 8. The van der Waals surface area contributed by atoms with E-state index in [-0.39, 0.29) is 29.2 Å². The van der Waals surface area contributed by atoms with Crippen molar-refractivity contribution in [3.8, 4) is 0 Å². The Labute approximate surface area is 152 Å². The number of non-ortho nitro benzene ring substituents is 1. The van der Waals surface area contributed by atoms with Crippen LogP contribution in [0.4, 0.5) is 11.4 Å². The molecule has 1 amide bonds. The molecule has 2 unspecified atom stereocenters. The molecular formula is C15H17N5O7. The van der Waals surface area contributed by atoms with Crippen LogP contribution in [0, 0.1) is 27.2 Å². The van der Waals surface area contributed by atoms with Crippen molar-refractivity contribution in [3.63, 3.8) is 0 Å². The van der Waals surface area contributed by atoms with Gasteiger partial charge in [0.25, 0.3) is 5.69 Å². The van der Waals surface area contributed by atoms with Crippen LogP contribution in [0.25, 0.3) is 0 Å². The van der Waals surface area contributed by atoms with Gasteiger partial charge < -0.3 is 15.5 Å². The van der Waals surface area contributed by atoms with Crippen LogP contribution < -0.4 is 5.32 Å². The van der Waals surface area contributed by atoms with Crippen LogP contribution in [0.5, 0.6) is 0 Å². The van der Waals surface area contributed by atoms with Gasteiger partial charge in [-0.3, -0.25) is 29.7 Å². The van der Waals surface area contributed by atoms with Gasteiger partial charge in [-0.25, -0.2) is 0 Å². The Kier molecular flexibility index (Phi) is 6.15. The molecule has 12 heteroatoms. The van der Waals surface area contributed by atoms with Crippen LogP contribution in [-0.2, 0) is 11.3 Å². The van der Waals surface area contributed by atoms with Crippen molar-refractivity contribution < 1.29 is 24.9 Å². The predicted octanol–water partition coefficient (Wildman–Crippen LogP) is 0.219. The number of hydrogen-bond acceptors (Lipinski definition) is 8. The first-order valence-corrected chi connectivity index (χ1v) is 7.74. The summed E-state index contributed by atoms with van der Waals surface area (Å²) < 4.78 is 1.08. The lowest BCUT2D eigenvalue weighted by molar-refractivity contribution is -0.385. The van der Waals surface area contributed by atoms with Gasteiger partial charge in [0.1, 0.15) is 24.5 Å². The third-order valence-corrected chi connectivity index (χ3v) is 3.79. The second kappa shape index (κ2) is 8.33. The molecule has 0 saturated heterocycles. The van der Waals surface area contributed by atoms with Gasteiger partial charge in [0.2, 0.25) is 5.91 Å². The summed E-state index contributed by atoms with van der Waals surface area (Å²) in [7, 11) is 0. The molecule has 1 aromatic heterocycles. The van der Waals surface area contributed by atoms with Gasteiger partial charge in [-0.15, -0.1) is 0 Å². The van der Waals surface area contributed by atoms with Gasteiger partial charge in [-0.05, 0) is 24.6 Å². The third kappa shape index (κ3) is 4.83. The Balaban J connectivity index is 2.04. The fraction of sp³-hybridized carbons (Fsp3) is 0.333. The Hall–Kier alpha value is -3.38. The number of nitrogens with zero attached hydrogens (tertiary/aromatic N) is 4. The molecule has 0 bridgehead atoms. The van der Waals surface area contributed by atoms with E-state index in [2.05, 4.69) is 10.4 Å². The number of nitro benzene ring substituents is 1. The Morgan fingerprint density at radius 1 is 1.26 bits per heavy atom. The van der Waals surface area contributed by atoms with Crippen LogP contribution in [-0.4, -0.2) is 48.4 Å². The standard InChI is InChI=1S/C15H17N5O7/c1-9-13(20(26)27)6-18(17-9)7-14(22)16-12(8-21)15(23)10-2-4-11(5-3-10)19(24)25/h2-6,12,15,21,23H,7-8H2,1H3,(H,16,22). The minimum atomic E-state index is -1.31. The Bertz CT molecular complexity index is 849. The van der Waals surface area contributed by atoms with E-state index in [1.54, 1.807) is 0 Å². The van der Waals surface area contributed by atoms with Crippen LogP contribution in [0.15, 0.2) is 30.5 Å². The van der Waals surface area contributed by atoms with E-state index in [0.29, 0.717) is 0 Å². The third-order valence-electron chi connectivity index (χ3n) is 3.79. The SMILES string of the molecule is Cc1nn(CC(=O)NC(CO)C(O)c2ccc([N+](=O)[O-])cc2)cc1[N+](=O)[O-]. The summed E-state index contributed by atoms with van der Waals surface area (Å²) in [5, 5.41) is 47.5. The van der Waals surface area contributed by atoms with E-state index in [1.165, 1.54) is 31.2 Å². The fourth-order valence-corrected chi connectivity index (χ4v) is 2.42. The van der Waals surface area contributed by atoms with E-state index in [1.807, 2.05) is 0 Å². The summed E-state index contributed by atoms with van der Waals surface area (Å²) in [6.45, 7) is 0.488. The molecule has 2 atom stereocenters. The summed E-state index contributed by atoms with van der Waals surface area (Å²) in [6, 6.07) is 3.95. The number of nitrogens with one attached hydrogen (secondary N) is 1. The first-order valence-electron chi connectivity index (χ1n) is 7.74. The number of benzene rings is 1. The van der Waals surface area contributed by atoms with Gasteiger partial charge in [0.15, 0.2) is 0 Å². The van der Waals surface area contributed by atoms with Crippen molar-refractivity contribution in [1.29, 1.82) is 0 Å². The van der Waals surface area contributed by atoms with Gasteiger partial charge in [0, 0.05) is 12.1 Å². The number of hydrogen-bond donors (Lipinski definition) is 3. The molecule has 12 nitrogen and oxygen atoms in total. The number of aromatic nitrogens is 2. The van der Waals surface area contributed by atoms with Crippen LogP contribution >= 0.6 is 0 Å². The van der Waals surface area contributed by atoms with Gasteiger partial charge in [0.05, 0.1) is 22.5 Å². The van der Waals surface area contributed by atoms with Crippen LogP contribution in [0.3, 0.4) is 0 Å². The molecule has 0 aliphatic carbocycles. The lowest BCUT2D eigenvalue weighted by atomic mass is 10.0. The maximum absolute atomic E-state index is 12.1. The molecule has 2 aromatic rings. The number of aliphatic hydroxyl groups is 2. The molecule has 0 radical (unpaired) electrons. The maximum Gasteiger partial charge on any atom is 0.309 e. The van der Waals surface area contributed by atoms with Gasteiger partial charge >= 0.3 is 5.69 Å². The zero-order valence-electron chi connectivity index (χ0n) is 14.2. The highest BCUT2D eigenvalue weighted by atomic mass is 16.6. The van der Waals surface area contributed by atoms with Gasteiger partial charge in [-0.1, -0.05) is 0 Å². The lowest BCUT2D eigenvalue weighted by Crippen LogP contribution is -2.43. The largest absolute Gasteiger partial charge is 0.394 e. The highest BCUT2D eigenvalue weighted by molar-refractivity contribution is 5.76. The second-order valence-electron chi connectivity index (χ2n) is 5.70. The van der Waals surface area contributed by atoms with Crippen molar-refractivity contribution in [2.45, 2.75) is 25.6 Å². The van der Waals surface area contributed by atoms with Gasteiger partial charge in [-0.2, -0.15) is 5.10 Å². The molecule has 0 saturated carbocycles. The molecule has 0 spiro atoms. The predicted molar refractivity (Wildman–Crippen MR) is 90.7 cm³/mol. The first-order chi connectivity index (χ1) is 12.7. The van der Waals surface area contributed by atoms with E-state index in [4.69, 9.17) is 0 Å². The van der Waals surface area contributed by atoms with Crippen LogP contribution in [0.1, 0.15) is 17.4 Å². The molecule has 3 N–H and O–H groups in total. The number of nitro groups is 2. The zero-order chi connectivity index (χ0) is 20.1. The maximum atomic E-state index is 12.1. The second-order valence-corrected chi connectivity index (χ2v) is 5.70.